The molecule has 0 fully saturated rings. The molecule has 2 aromatic heterocycles. The molecule has 4 aromatic rings. The summed E-state index contributed by atoms with van der Waals surface area (Å²) in [5.41, 5.74) is 5.66. The largest absolute Gasteiger partial charge is 2.00 e. The molecule has 0 N–H and O–H groups in total. The Morgan fingerprint density at radius 3 is 2.18 bits per heavy atom. The number of hydrogen-bond acceptors (Lipinski definition) is 2. The Labute approximate surface area is 181 Å². The van der Waals surface area contributed by atoms with Crippen LogP contribution in [0.2, 0.25) is 0 Å². The maximum Gasteiger partial charge on any atom is 2.00 e. The minimum Gasteiger partial charge on any atom is -0.291 e. The Hall–Kier alpha value is -2.57. The first-order valence-corrected chi connectivity index (χ1v) is 9.03. The monoisotopic (exact) mass is 543 g/mol. The van der Waals surface area contributed by atoms with Crippen LogP contribution in [0.1, 0.15) is 25.2 Å². The first-order chi connectivity index (χ1) is 13.1. The van der Waals surface area contributed by atoms with E-state index in [0.717, 1.165) is 33.8 Å². The Balaban J connectivity index is 0.00000225. The summed E-state index contributed by atoms with van der Waals surface area (Å²) in [6.45, 7) is 4.31. The molecule has 0 aliphatic carbocycles. The molecule has 0 atom stereocenters. The van der Waals surface area contributed by atoms with Crippen molar-refractivity contribution in [2.24, 2.45) is 0 Å². The second kappa shape index (κ2) is 8.62. The molecule has 0 spiro atoms. The smallest absolute Gasteiger partial charge is 0.291 e. The molecule has 2 aromatic carbocycles. The quantitative estimate of drug-likeness (QED) is 0.307. The molecule has 0 radical (unpaired) electrons. The van der Waals surface area contributed by atoms with Crippen molar-refractivity contribution in [2.75, 3.05) is 0 Å². The number of rotatable bonds is 4. The van der Waals surface area contributed by atoms with E-state index >= 15 is 0 Å². The standard InChI is InChI=1S/C25H20N2.Pt/c1-25(2,23-15-6-7-17-26-23)24-16-9-14-22(27-24)21-13-8-12-20(18-21)19-10-4-3-5-11-19;/h3-10,12-17H,1-2H3;/q-2;+2. The van der Waals surface area contributed by atoms with Crippen LogP contribution in [0, 0.1) is 12.1 Å². The Morgan fingerprint density at radius 2 is 1.43 bits per heavy atom. The third-order valence-corrected chi connectivity index (χ3v) is 4.76. The maximum absolute atomic E-state index is 4.94. The summed E-state index contributed by atoms with van der Waals surface area (Å²) in [5.74, 6) is 0. The van der Waals surface area contributed by atoms with Crippen LogP contribution >= 0.6 is 0 Å². The van der Waals surface area contributed by atoms with E-state index in [1.165, 1.54) is 0 Å². The topological polar surface area (TPSA) is 25.8 Å². The van der Waals surface area contributed by atoms with E-state index in [1.807, 2.05) is 66.9 Å². The Bertz CT molecular complexity index is 1040. The van der Waals surface area contributed by atoms with Gasteiger partial charge in [0.05, 0.1) is 5.69 Å². The van der Waals surface area contributed by atoms with Gasteiger partial charge in [-0.05, 0) is 32.0 Å². The van der Waals surface area contributed by atoms with Crippen molar-refractivity contribution in [3.8, 4) is 22.4 Å². The number of benzene rings is 2. The van der Waals surface area contributed by atoms with Crippen LogP contribution in [0.4, 0.5) is 0 Å². The predicted molar refractivity (Wildman–Crippen MR) is 109 cm³/mol. The Kier molecular flexibility index (Phi) is 6.21. The van der Waals surface area contributed by atoms with E-state index < -0.39 is 0 Å². The van der Waals surface area contributed by atoms with Crippen LogP contribution in [0.15, 0.2) is 85.1 Å². The normalized spacial score (nSPS) is 10.9. The molecule has 140 valence electrons. The molecule has 2 nitrogen and oxygen atoms in total. The van der Waals surface area contributed by atoms with Crippen molar-refractivity contribution in [2.45, 2.75) is 19.3 Å². The zero-order chi connectivity index (χ0) is 18.7. The molecule has 0 amide bonds. The van der Waals surface area contributed by atoms with E-state index in [9.17, 15) is 0 Å². The Morgan fingerprint density at radius 1 is 0.714 bits per heavy atom. The van der Waals surface area contributed by atoms with Gasteiger partial charge in [0.25, 0.3) is 0 Å². The zero-order valence-electron chi connectivity index (χ0n) is 15.8. The van der Waals surface area contributed by atoms with Gasteiger partial charge in [0.2, 0.25) is 0 Å². The molecule has 0 bridgehead atoms. The summed E-state index contributed by atoms with van der Waals surface area (Å²) in [6.07, 6.45) is 1.83. The average Bonchev–Trinajstić information content (AvgIpc) is 2.75. The molecule has 4 rings (SSSR count). The predicted octanol–water partition coefficient (Wildman–Crippen LogP) is 5.73. The van der Waals surface area contributed by atoms with E-state index in [0.29, 0.717) is 0 Å². The molecule has 28 heavy (non-hydrogen) atoms. The third kappa shape index (κ3) is 4.13. The molecular weight excluding hydrogens is 523 g/mol. The summed E-state index contributed by atoms with van der Waals surface area (Å²) < 4.78 is 0. The molecular formula is C25H20N2Pt. The van der Waals surface area contributed by atoms with Gasteiger partial charge in [0.1, 0.15) is 0 Å². The SMILES string of the molecule is CC(C)(c1ccccn1)c1cccc(-c2[c-]c(-c3[c-]cccc3)ccc2)n1.[Pt+2]. The van der Waals surface area contributed by atoms with Gasteiger partial charge >= 0.3 is 21.1 Å². The van der Waals surface area contributed by atoms with Gasteiger partial charge in [0, 0.05) is 23.0 Å². The van der Waals surface area contributed by atoms with Crippen molar-refractivity contribution in [3.63, 3.8) is 0 Å². The average molecular weight is 544 g/mol. The number of nitrogens with zero attached hydrogens (tertiary/aromatic N) is 2. The van der Waals surface area contributed by atoms with Crippen molar-refractivity contribution in [1.82, 2.24) is 9.97 Å². The first kappa shape index (κ1) is 20.2. The minimum absolute atomic E-state index is 0. The molecule has 3 heteroatoms. The van der Waals surface area contributed by atoms with Crippen LogP contribution in [-0.2, 0) is 26.5 Å². The molecule has 2 heterocycles. The van der Waals surface area contributed by atoms with Gasteiger partial charge < -0.3 is 0 Å². The number of hydrogen-bond donors (Lipinski definition) is 0. The summed E-state index contributed by atoms with van der Waals surface area (Å²) in [7, 11) is 0. The minimum atomic E-state index is -0.276. The van der Waals surface area contributed by atoms with Gasteiger partial charge in [-0.15, -0.1) is 23.8 Å². The molecule has 0 aliphatic rings. The third-order valence-electron chi connectivity index (χ3n) is 4.76. The fourth-order valence-electron chi connectivity index (χ4n) is 3.13. The van der Waals surface area contributed by atoms with Gasteiger partial charge in [-0.3, -0.25) is 9.97 Å². The van der Waals surface area contributed by atoms with Crippen molar-refractivity contribution < 1.29 is 21.1 Å². The van der Waals surface area contributed by atoms with E-state index in [2.05, 4.69) is 49.2 Å². The van der Waals surface area contributed by atoms with E-state index in [4.69, 9.17) is 4.98 Å². The first-order valence-electron chi connectivity index (χ1n) is 9.03. The van der Waals surface area contributed by atoms with Crippen molar-refractivity contribution in [3.05, 3.63) is 109 Å². The molecule has 0 saturated carbocycles. The second-order valence-corrected chi connectivity index (χ2v) is 7.00. The van der Waals surface area contributed by atoms with E-state index in [1.54, 1.807) is 0 Å². The van der Waals surface area contributed by atoms with Crippen LogP contribution in [0.25, 0.3) is 22.4 Å². The number of pyridine rings is 2. The van der Waals surface area contributed by atoms with Gasteiger partial charge in [0.15, 0.2) is 0 Å². The van der Waals surface area contributed by atoms with E-state index in [-0.39, 0.29) is 26.5 Å². The van der Waals surface area contributed by atoms with Gasteiger partial charge in [-0.1, -0.05) is 18.2 Å². The van der Waals surface area contributed by atoms with Gasteiger partial charge in [-0.25, -0.2) is 5.56 Å². The summed E-state index contributed by atoms with van der Waals surface area (Å²) >= 11 is 0. The van der Waals surface area contributed by atoms with Crippen LogP contribution in [0.3, 0.4) is 0 Å². The molecule has 0 saturated heterocycles. The summed E-state index contributed by atoms with van der Waals surface area (Å²) in [4.78, 5) is 9.48. The molecule has 0 aliphatic heterocycles. The van der Waals surface area contributed by atoms with Crippen molar-refractivity contribution >= 4 is 0 Å². The molecule has 0 unspecified atom stereocenters. The van der Waals surface area contributed by atoms with Crippen molar-refractivity contribution in [1.29, 1.82) is 0 Å². The zero-order valence-corrected chi connectivity index (χ0v) is 18.1. The summed E-state index contributed by atoms with van der Waals surface area (Å²) in [5, 5.41) is 0. The van der Waals surface area contributed by atoms with Crippen LogP contribution in [0.5, 0.6) is 0 Å². The van der Waals surface area contributed by atoms with Crippen LogP contribution < -0.4 is 0 Å². The maximum atomic E-state index is 4.94. The number of aromatic nitrogens is 2. The van der Waals surface area contributed by atoms with Gasteiger partial charge in [-0.2, -0.15) is 42.0 Å². The van der Waals surface area contributed by atoms with Crippen LogP contribution in [-0.4, -0.2) is 9.97 Å². The fraction of sp³-hybridized carbons (Fsp3) is 0.120. The fourth-order valence-corrected chi connectivity index (χ4v) is 3.13. The second-order valence-electron chi connectivity index (χ2n) is 7.00. The summed E-state index contributed by atoms with van der Waals surface area (Å²) in [6, 6.07) is 33.0.